The molecule has 4 rings (SSSR count). The van der Waals surface area contributed by atoms with Gasteiger partial charge in [-0.3, -0.25) is 19.2 Å². The lowest BCUT2D eigenvalue weighted by molar-refractivity contribution is -0.119. The van der Waals surface area contributed by atoms with Crippen molar-refractivity contribution in [3.8, 4) is 0 Å². The molecule has 0 radical (unpaired) electrons. The smallest absolute Gasteiger partial charge is 0.224 e. The minimum atomic E-state index is -0.0157. The first-order valence-corrected chi connectivity index (χ1v) is 17.4. The summed E-state index contributed by atoms with van der Waals surface area (Å²) in [6, 6.07) is 34.4. The predicted molar refractivity (Wildman–Crippen MR) is 200 cm³/mol. The SMILES string of the molecule is Nc1ccccc1CC(=O)CCCCCC(=O)Cc1ccccc1.Nc1ccccc1NC(=O)CCCCCCC(=O)Cc1ccccc1. The van der Waals surface area contributed by atoms with Crippen LogP contribution in [0.4, 0.5) is 17.1 Å². The molecular weight excluding hydrogens is 610 g/mol. The zero-order valence-corrected chi connectivity index (χ0v) is 28.6. The summed E-state index contributed by atoms with van der Waals surface area (Å²) in [4.78, 5) is 47.7. The highest BCUT2D eigenvalue weighted by atomic mass is 16.2. The maximum atomic E-state index is 12.0. The van der Waals surface area contributed by atoms with Crippen molar-refractivity contribution in [3.05, 3.63) is 126 Å². The predicted octanol–water partition coefficient (Wildman–Crippen LogP) is 8.50. The van der Waals surface area contributed by atoms with Crippen molar-refractivity contribution in [3.63, 3.8) is 0 Å². The largest absolute Gasteiger partial charge is 0.398 e. The van der Waals surface area contributed by atoms with Crippen LogP contribution >= 0.6 is 0 Å². The van der Waals surface area contributed by atoms with Gasteiger partial charge in [0.25, 0.3) is 0 Å². The molecule has 0 heterocycles. The number of carbonyl (C=O) groups is 4. The van der Waals surface area contributed by atoms with Crippen LogP contribution in [0.5, 0.6) is 0 Å². The van der Waals surface area contributed by atoms with E-state index < -0.39 is 0 Å². The number of amides is 1. The minimum Gasteiger partial charge on any atom is -0.398 e. The fourth-order valence-electron chi connectivity index (χ4n) is 5.43. The third kappa shape index (κ3) is 16.6. The number of carbonyl (C=O) groups excluding carboxylic acids is 4. The van der Waals surface area contributed by atoms with Crippen molar-refractivity contribution in [2.75, 3.05) is 16.8 Å². The molecule has 0 atom stereocenters. The highest BCUT2D eigenvalue weighted by Crippen LogP contribution is 2.18. The van der Waals surface area contributed by atoms with Crippen molar-refractivity contribution < 1.29 is 19.2 Å². The van der Waals surface area contributed by atoms with Crippen molar-refractivity contribution in [2.45, 2.75) is 89.9 Å². The fraction of sp³-hybridized carbons (Fsp3) is 0.333. The summed E-state index contributed by atoms with van der Waals surface area (Å²) in [5.74, 6) is 0.745. The quantitative estimate of drug-likeness (QED) is 0.0643. The molecule has 0 aromatic heterocycles. The number of hydrogen-bond acceptors (Lipinski definition) is 6. The van der Waals surface area contributed by atoms with Gasteiger partial charge >= 0.3 is 0 Å². The lowest BCUT2D eigenvalue weighted by Crippen LogP contribution is -2.12. The molecule has 49 heavy (non-hydrogen) atoms. The van der Waals surface area contributed by atoms with E-state index >= 15 is 0 Å². The van der Waals surface area contributed by atoms with E-state index in [-0.39, 0.29) is 23.3 Å². The highest BCUT2D eigenvalue weighted by molar-refractivity contribution is 5.93. The first kappa shape index (κ1) is 38.4. The molecule has 5 N–H and O–H groups in total. The van der Waals surface area contributed by atoms with Gasteiger partial charge in [-0.05, 0) is 60.6 Å². The second kappa shape index (κ2) is 22.5. The third-order valence-electron chi connectivity index (χ3n) is 8.19. The Morgan fingerprint density at radius 3 is 1.35 bits per heavy atom. The summed E-state index contributed by atoms with van der Waals surface area (Å²) >= 11 is 0. The molecular formula is C42H51N3O4. The maximum absolute atomic E-state index is 12.0. The standard InChI is InChI=1S/C21H26N2O2.C21H25NO2/c22-19-13-8-9-14-20(19)23-21(25)15-7-2-1-6-12-18(24)16-17-10-4-3-5-11-17;22-21-14-8-7-11-18(21)16-20(24)13-6-2-5-12-19(23)15-17-9-3-1-4-10-17/h3-5,8-11,13-14H,1-2,6-7,12,15-16,22H2,(H,23,25);1,3-4,7-11,14H,2,5-6,12-13,15-16,22H2. The average molecular weight is 662 g/mol. The molecule has 0 unspecified atom stereocenters. The van der Waals surface area contributed by atoms with Crippen LogP contribution in [-0.2, 0) is 38.4 Å². The number of benzene rings is 4. The van der Waals surface area contributed by atoms with Crippen LogP contribution in [-0.4, -0.2) is 23.3 Å². The molecule has 4 aromatic carbocycles. The van der Waals surface area contributed by atoms with Crippen LogP contribution in [0.2, 0.25) is 0 Å². The van der Waals surface area contributed by atoms with E-state index in [0.717, 1.165) is 61.6 Å². The normalized spacial score (nSPS) is 10.4. The van der Waals surface area contributed by atoms with Crippen LogP contribution in [0.1, 0.15) is 87.3 Å². The van der Waals surface area contributed by atoms with Gasteiger partial charge in [-0.15, -0.1) is 0 Å². The highest BCUT2D eigenvalue weighted by Gasteiger charge is 2.08. The third-order valence-corrected chi connectivity index (χ3v) is 8.19. The van der Waals surface area contributed by atoms with E-state index in [1.807, 2.05) is 97.1 Å². The summed E-state index contributed by atoms with van der Waals surface area (Å²) in [6.07, 6.45) is 9.91. The van der Waals surface area contributed by atoms with Gasteiger partial charge in [-0.2, -0.15) is 0 Å². The number of nitrogens with two attached hydrogens (primary N) is 2. The monoisotopic (exact) mass is 661 g/mol. The lowest BCUT2D eigenvalue weighted by Gasteiger charge is -2.07. The Morgan fingerprint density at radius 1 is 0.429 bits per heavy atom. The average Bonchev–Trinajstić information content (AvgIpc) is 3.09. The molecule has 0 saturated heterocycles. The number of rotatable bonds is 20. The molecule has 0 spiro atoms. The van der Waals surface area contributed by atoms with Gasteiger partial charge in [0.2, 0.25) is 5.91 Å². The number of anilines is 3. The topological polar surface area (TPSA) is 132 Å². The first-order chi connectivity index (χ1) is 23.8. The number of nitrogens with one attached hydrogen (secondary N) is 1. The van der Waals surface area contributed by atoms with Gasteiger partial charge in [-0.1, -0.05) is 110 Å². The van der Waals surface area contributed by atoms with Crippen molar-refractivity contribution >= 4 is 40.3 Å². The van der Waals surface area contributed by atoms with Gasteiger partial charge in [0.05, 0.1) is 11.4 Å². The Bertz CT molecular complexity index is 1590. The van der Waals surface area contributed by atoms with Crippen molar-refractivity contribution in [1.82, 2.24) is 0 Å². The summed E-state index contributed by atoms with van der Waals surface area (Å²) < 4.78 is 0. The molecule has 0 aliphatic rings. The molecule has 0 fully saturated rings. The second-order valence-electron chi connectivity index (χ2n) is 12.4. The Kier molecular flexibility index (Phi) is 17.6. The van der Waals surface area contributed by atoms with Crippen molar-refractivity contribution in [1.29, 1.82) is 0 Å². The first-order valence-electron chi connectivity index (χ1n) is 17.4. The summed E-state index contributed by atoms with van der Waals surface area (Å²) in [6.45, 7) is 0. The molecule has 7 heteroatoms. The molecule has 7 nitrogen and oxygen atoms in total. The van der Waals surface area contributed by atoms with E-state index in [4.69, 9.17) is 11.5 Å². The van der Waals surface area contributed by atoms with Crippen LogP contribution < -0.4 is 16.8 Å². The summed E-state index contributed by atoms with van der Waals surface area (Å²) in [7, 11) is 0. The minimum absolute atomic E-state index is 0.0157. The van der Waals surface area contributed by atoms with Crippen LogP contribution in [0.3, 0.4) is 0 Å². The molecule has 1 amide bonds. The van der Waals surface area contributed by atoms with E-state index in [1.165, 1.54) is 0 Å². The van der Waals surface area contributed by atoms with E-state index in [9.17, 15) is 19.2 Å². The lowest BCUT2D eigenvalue weighted by atomic mass is 10.0. The Hall–Kier alpha value is -5.04. The van der Waals surface area contributed by atoms with Crippen LogP contribution in [0.15, 0.2) is 109 Å². The zero-order chi connectivity index (χ0) is 35.1. The molecule has 0 aliphatic carbocycles. The number of Topliss-reactive ketones (excluding diaryl/α,β-unsaturated/α-hetero) is 3. The Morgan fingerprint density at radius 2 is 0.837 bits per heavy atom. The van der Waals surface area contributed by atoms with Crippen LogP contribution in [0, 0.1) is 0 Å². The molecule has 258 valence electrons. The zero-order valence-electron chi connectivity index (χ0n) is 28.6. The Balaban J connectivity index is 0.000000266. The van der Waals surface area contributed by atoms with Gasteiger partial charge in [0, 0.05) is 50.6 Å². The number of hydrogen-bond donors (Lipinski definition) is 3. The van der Waals surface area contributed by atoms with Gasteiger partial charge in [0.15, 0.2) is 0 Å². The molecule has 0 bridgehead atoms. The van der Waals surface area contributed by atoms with Gasteiger partial charge in [0.1, 0.15) is 17.3 Å². The number of nitrogen functional groups attached to an aromatic ring is 2. The molecule has 0 saturated carbocycles. The summed E-state index contributed by atoms with van der Waals surface area (Å²) in [5.41, 5.74) is 16.6. The van der Waals surface area contributed by atoms with Crippen molar-refractivity contribution in [2.24, 2.45) is 0 Å². The van der Waals surface area contributed by atoms with E-state index in [1.54, 1.807) is 12.1 Å². The second-order valence-corrected chi connectivity index (χ2v) is 12.4. The number of para-hydroxylation sites is 3. The van der Waals surface area contributed by atoms with Gasteiger partial charge in [-0.25, -0.2) is 0 Å². The molecule has 4 aromatic rings. The fourth-order valence-corrected chi connectivity index (χ4v) is 5.43. The van der Waals surface area contributed by atoms with E-state index in [0.29, 0.717) is 62.0 Å². The molecule has 0 aliphatic heterocycles. The number of unbranched alkanes of at least 4 members (excludes halogenated alkanes) is 5. The number of ketones is 3. The Labute approximate surface area is 291 Å². The summed E-state index contributed by atoms with van der Waals surface area (Å²) in [5, 5.41) is 2.83. The van der Waals surface area contributed by atoms with E-state index in [2.05, 4.69) is 5.32 Å². The van der Waals surface area contributed by atoms with Crippen LogP contribution in [0.25, 0.3) is 0 Å². The van der Waals surface area contributed by atoms with Gasteiger partial charge < -0.3 is 16.8 Å². The maximum Gasteiger partial charge on any atom is 0.224 e.